The number of hydrogen-bond acceptors (Lipinski definition) is 4. The van der Waals surface area contributed by atoms with Gasteiger partial charge in [0.1, 0.15) is 5.82 Å². The number of amides is 1. The third kappa shape index (κ3) is 2.79. The van der Waals surface area contributed by atoms with E-state index in [1.54, 1.807) is 11.1 Å². The van der Waals surface area contributed by atoms with Gasteiger partial charge in [-0.15, -0.1) is 0 Å². The number of nitrogens with two attached hydrogens (primary N) is 1. The molecule has 2 rings (SSSR count). The minimum absolute atomic E-state index is 0.0107. The van der Waals surface area contributed by atoms with Crippen LogP contribution in [0, 0.1) is 0 Å². The summed E-state index contributed by atoms with van der Waals surface area (Å²) in [5, 5.41) is 0. The standard InChI is InChI=1S/C13H20N4O/c1-10(14)11-4-5-12(15-8-11)17-7-3-6-16(2)13(18)9-17/h4-5,8,10H,3,6-7,9,14H2,1-2H3/t10-/m1/s1. The van der Waals surface area contributed by atoms with Crippen LogP contribution in [0.1, 0.15) is 24.9 Å². The van der Waals surface area contributed by atoms with Gasteiger partial charge in [-0.05, 0) is 25.0 Å². The SMILES string of the molecule is C[C@@H](N)c1ccc(N2CCCN(C)C(=O)C2)nc1. The van der Waals surface area contributed by atoms with Crippen molar-refractivity contribution in [1.82, 2.24) is 9.88 Å². The van der Waals surface area contributed by atoms with Crippen molar-refractivity contribution < 1.29 is 4.79 Å². The maximum Gasteiger partial charge on any atom is 0.241 e. The summed E-state index contributed by atoms with van der Waals surface area (Å²) in [6.07, 6.45) is 2.76. The number of carbonyl (C=O) groups excluding carboxylic acids is 1. The van der Waals surface area contributed by atoms with Gasteiger partial charge in [-0.2, -0.15) is 0 Å². The topological polar surface area (TPSA) is 62.5 Å². The fraction of sp³-hybridized carbons (Fsp3) is 0.538. The number of anilines is 1. The highest BCUT2D eigenvalue weighted by atomic mass is 16.2. The van der Waals surface area contributed by atoms with E-state index >= 15 is 0 Å². The van der Waals surface area contributed by atoms with E-state index in [0.29, 0.717) is 6.54 Å². The molecule has 0 saturated carbocycles. The lowest BCUT2D eigenvalue weighted by atomic mass is 10.1. The number of pyridine rings is 1. The molecule has 1 aliphatic heterocycles. The first-order chi connectivity index (χ1) is 8.58. The molecule has 0 aromatic carbocycles. The Balaban J connectivity index is 2.13. The maximum absolute atomic E-state index is 11.8. The lowest BCUT2D eigenvalue weighted by molar-refractivity contribution is -0.127. The Morgan fingerprint density at radius 1 is 1.39 bits per heavy atom. The molecule has 2 heterocycles. The van der Waals surface area contributed by atoms with Gasteiger partial charge in [0.2, 0.25) is 5.91 Å². The fourth-order valence-corrected chi connectivity index (χ4v) is 2.04. The Hall–Kier alpha value is -1.62. The van der Waals surface area contributed by atoms with Gasteiger partial charge in [-0.3, -0.25) is 4.79 Å². The molecule has 0 unspecified atom stereocenters. The minimum atomic E-state index is -0.0107. The number of nitrogens with zero attached hydrogens (tertiary/aromatic N) is 3. The van der Waals surface area contributed by atoms with Crippen LogP contribution in [0.2, 0.25) is 0 Å². The molecule has 1 aliphatic rings. The Morgan fingerprint density at radius 2 is 2.17 bits per heavy atom. The molecule has 1 saturated heterocycles. The molecule has 1 atom stereocenters. The molecule has 0 bridgehead atoms. The number of carbonyl (C=O) groups is 1. The Bertz CT molecular complexity index is 416. The molecule has 5 heteroatoms. The van der Waals surface area contributed by atoms with Gasteiger partial charge in [0, 0.05) is 32.4 Å². The van der Waals surface area contributed by atoms with Crippen molar-refractivity contribution >= 4 is 11.7 Å². The van der Waals surface area contributed by atoms with E-state index in [4.69, 9.17) is 5.73 Å². The zero-order chi connectivity index (χ0) is 13.1. The fourth-order valence-electron chi connectivity index (χ4n) is 2.04. The smallest absolute Gasteiger partial charge is 0.241 e. The summed E-state index contributed by atoms with van der Waals surface area (Å²) >= 11 is 0. The summed E-state index contributed by atoms with van der Waals surface area (Å²) in [6, 6.07) is 3.91. The van der Waals surface area contributed by atoms with Gasteiger partial charge < -0.3 is 15.5 Å². The summed E-state index contributed by atoms with van der Waals surface area (Å²) in [6.45, 7) is 4.01. The van der Waals surface area contributed by atoms with Crippen LogP contribution in [0.3, 0.4) is 0 Å². The normalized spacial score (nSPS) is 18.7. The largest absolute Gasteiger partial charge is 0.347 e. The summed E-state index contributed by atoms with van der Waals surface area (Å²) < 4.78 is 0. The van der Waals surface area contributed by atoms with E-state index in [1.165, 1.54) is 0 Å². The van der Waals surface area contributed by atoms with Crippen LogP contribution in [0.4, 0.5) is 5.82 Å². The van der Waals surface area contributed by atoms with Gasteiger partial charge in [-0.1, -0.05) is 6.07 Å². The molecule has 1 amide bonds. The first-order valence-corrected chi connectivity index (χ1v) is 6.28. The Kier molecular flexibility index (Phi) is 3.81. The van der Waals surface area contributed by atoms with Gasteiger partial charge in [0.05, 0.1) is 6.54 Å². The predicted octanol–water partition coefficient (Wildman–Crippen LogP) is 0.770. The zero-order valence-electron chi connectivity index (χ0n) is 11.0. The lowest BCUT2D eigenvalue weighted by Gasteiger charge is -2.21. The second kappa shape index (κ2) is 5.35. The van der Waals surface area contributed by atoms with E-state index < -0.39 is 0 Å². The number of hydrogen-bond donors (Lipinski definition) is 1. The molecule has 0 aliphatic carbocycles. The van der Waals surface area contributed by atoms with E-state index in [-0.39, 0.29) is 11.9 Å². The van der Waals surface area contributed by atoms with Crippen molar-refractivity contribution in [2.24, 2.45) is 5.73 Å². The van der Waals surface area contributed by atoms with E-state index in [9.17, 15) is 4.79 Å². The Morgan fingerprint density at radius 3 is 2.78 bits per heavy atom. The van der Waals surface area contributed by atoms with Crippen molar-refractivity contribution in [2.45, 2.75) is 19.4 Å². The average Bonchev–Trinajstić information content (AvgIpc) is 2.52. The van der Waals surface area contributed by atoms with Crippen LogP contribution in [0.15, 0.2) is 18.3 Å². The zero-order valence-corrected chi connectivity index (χ0v) is 11.0. The predicted molar refractivity (Wildman–Crippen MR) is 71.3 cm³/mol. The number of aromatic nitrogens is 1. The van der Waals surface area contributed by atoms with E-state index in [2.05, 4.69) is 4.98 Å². The van der Waals surface area contributed by atoms with Crippen molar-refractivity contribution in [3.63, 3.8) is 0 Å². The lowest BCUT2D eigenvalue weighted by Crippen LogP contribution is -2.34. The molecule has 2 N–H and O–H groups in total. The van der Waals surface area contributed by atoms with Crippen LogP contribution < -0.4 is 10.6 Å². The van der Waals surface area contributed by atoms with E-state index in [1.807, 2.05) is 31.0 Å². The minimum Gasteiger partial charge on any atom is -0.347 e. The van der Waals surface area contributed by atoms with Crippen LogP contribution in [0.25, 0.3) is 0 Å². The third-order valence-corrected chi connectivity index (χ3v) is 3.29. The van der Waals surface area contributed by atoms with Crippen LogP contribution in [-0.2, 0) is 4.79 Å². The van der Waals surface area contributed by atoms with Crippen molar-refractivity contribution in [1.29, 1.82) is 0 Å². The third-order valence-electron chi connectivity index (χ3n) is 3.29. The van der Waals surface area contributed by atoms with Crippen molar-refractivity contribution in [3.8, 4) is 0 Å². The van der Waals surface area contributed by atoms with Crippen molar-refractivity contribution in [3.05, 3.63) is 23.9 Å². The van der Waals surface area contributed by atoms with Crippen molar-refractivity contribution in [2.75, 3.05) is 31.6 Å². The highest BCUT2D eigenvalue weighted by Gasteiger charge is 2.19. The van der Waals surface area contributed by atoms with Crippen LogP contribution >= 0.6 is 0 Å². The molecule has 1 fully saturated rings. The highest BCUT2D eigenvalue weighted by Crippen LogP contribution is 2.16. The molecule has 1 aromatic heterocycles. The maximum atomic E-state index is 11.8. The monoisotopic (exact) mass is 248 g/mol. The number of rotatable bonds is 2. The molecule has 98 valence electrons. The van der Waals surface area contributed by atoms with Gasteiger partial charge in [-0.25, -0.2) is 4.98 Å². The van der Waals surface area contributed by atoms with Crippen LogP contribution in [-0.4, -0.2) is 42.5 Å². The molecule has 0 spiro atoms. The van der Waals surface area contributed by atoms with Gasteiger partial charge in [0.15, 0.2) is 0 Å². The van der Waals surface area contributed by atoms with E-state index in [0.717, 1.165) is 30.9 Å². The molecule has 0 radical (unpaired) electrons. The van der Waals surface area contributed by atoms with Gasteiger partial charge >= 0.3 is 0 Å². The quantitative estimate of drug-likeness (QED) is 0.839. The molecule has 18 heavy (non-hydrogen) atoms. The first-order valence-electron chi connectivity index (χ1n) is 6.28. The average molecular weight is 248 g/mol. The number of likely N-dealkylation sites (N-methyl/N-ethyl adjacent to an activating group) is 1. The molecular formula is C13H20N4O. The Labute approximate surface area is 108 Å². The summed E-state index contributed by atoms with van der Waals surface area (Å²) in [5.74, 6) is 0.994. The summed E-state index contributed by atoms with van der Waals surface area (Å²) in [7, 11) is 1.85. The summed E-state index contributed by atoms with van der Waals surface area (Å²) in [4.78, 5) is 20.0. The second-order valence-electron chi connectivity index (χ2n) is 4.83. The summed E-state index contributed by atoms with van der Waals surface area (Å²) in [5.41, 5.74) is 6.80. The first kappa shape index (κ1) is 12.8. The molecular weight excluding hydrogens is 228 g/mol. The second-order valence-corrected chi connectivity index (χ2v) is 4.83. The van der Waals surface area contributed by atoms with Crippen LogP contribution in [0.5, 0.6) is 0 Å². The van der Waals surface area contributed by atoms with Gasteiger partial charge in [0.25, 0.3) is 0 Å². The molecule has 1 aromatic rings. The highest BCUT2D eigenvalue weighted by molar-refractivity contribution is 5.81. The molecule has 5 nitrogen and oxygen atoms in total.